The summed E-state index contributed by atoms with van der Waals surface area (Å²) in [6, 6.07) is 14.6. The van der Waals surface area contributed by atoms with Gasteiger partial charge in [0.05, 0.1) is 12.9 Å². The minimum atomic E-state index is 0.854. The Morgan fingerprint density at radius 2 is 1.95 bits per heavy atom. The van der Waals surface area contributed by atoms with Crippen LogP contribution in [0.25, 0.3) is 10.8 Å². The van der Waals surface area contributed by atoms with Gasteiger partial charge in [-0.05, 0) is 11.5 Å². The molecule has 0 atom stereocenters. The third kappa shape index (κ3) is 3.39. The van der Waals surface area contributed by atoms with Crippen LogP contribution in [0.2, 0.25) is 0 Å². The molecule has 0 radical (unpaired) electrons. The Kier molecular flexibility index (Phi) is 4.12. The van der Waals surface area contributed by atoms with Gasteiger partial charge in [-0.1, -0.05) is 36.4 Å². The lowest BCUT2D eigenvalue weighted by molar-refractivity contribution is 0.959. The fraction of sp³-hybridized carbons (Fsp3) is 0.125. The summed E-state index contributed by atoms with van der Waals surface area (Å²) in [4.78, 5) is 10.7. The minimum absolute atomic E-state index is 0.854. The van der Waals surface area contributed by atoms with E-state index in [4.69, 9.17) is 0 Å². The summed E-state index contributed by atoms with van der Waals surface area (Å²) < 4.78 is 0. The molecule has 4 rings (SSSR count). The van der Waals surface area contributed by atoms with Crippen molar-refractivity contribution in [1.82, 2.24) is 15.3 Å². The lowest BCUT2D eigenvalue weighted by Crippen LogP contribution is -2.26. The van der Waals surface area contributed by atoms with E-state index >= 15 is 0 Å². The van der Waals surface area contributed by atoms with Gasteiger partial charge in [0.25, 0.3) is 0 Å². The van der Waals surface area contributed by atoms with E-state index in [-0.39, 0.29) is 0 Å². The molecule has 3 N–H and O–H groups in total. The molecule has 0 aliphatic carbocycles. The molecule has 3 aromatic rings. The fourth-order valence-electron chi connectivity index (χ4n) is 2.16. The van der Waals surface area contributed by atoms with Crippen LogP contribution in [-0.4, -0.2) is 29.0 Å². The van der Waals surface area contributed by atoms with Crippen molar-refractivity contribution in [3.8, 4) is 0 Å². The number of aromatic amines is 1. The van der Waals surface area contributed by atoms with E-state index in [9.17, 15) is 0 Å². The average molecular weight is 279 g/mol. The van der Waals surface area contributed by atoms with E-state index in [1.807, 2.05) is 0 Å². The second kappa shape index (κ2) is 6.56. The van der Waals surface area contributed by atoms with Crippen LogP contribution in [0.15, 0.2) is 66.2 Å². The summed E-state index contributed by atoms with van der Waals surface area (Å²) >= 11 is 0. The lowest BCUT2D eigenvalue weighted by Gasteiger charge is -2.09. The highest BCUT2D eigenvalue weighted by Crippen LogP contribution is 2.22. The van der Waals surface area contributed by atoms with Crippen LogP contribution in [-0.2, 0) is 0 Å². The lowest BCUT2D eigenvalue weighted by atomic mass is 10.1. The Morgan fingerprint density at radius 3 is 2.67 bits per heavy atom. The topological polar surface area (TPSA) is 65.1 Å². The number of benzene rings is 2. The van der Waals surface area contributed by atoms with Gasteiger partial charge >= 0.3 is 0 Å². The SMILES string of the molecule is c1c[nH]cn1.c1ccc2c(NC3=NCCN3)cccc2c1. The van der Waals surface area contributed by atoms with Crippen molar-refractivity contribution in [2.45, 2.75) is 0 Å². The Balaban J connectivity index is 0.000000225. The van der Waals surface area contributed by atoms with Crippen LogP contribution in [0.5, 0.6) is 0 Å². The largest absolute Gasteiger partial charge is 0.354 e. The number of H-pyrrole nitrogens is 1. The third-order valence-corrected chi connectivity index (χ3v) is 3.12. The number of imidazole rings is 1. The Morgan fingerprint density at radius 1 is 1.05 bits per heavy atom. The number of hydrogen-bond acceptors (Lipinski definition) is 4. The normalized spacial score (nSPS) is 13.0. The van der Waals surface area contributed by atoms with Crippen molar-refractivity contribution in [1.29, 1.82) is 0 Å². The number of nitrogens with zero attached hydrogens (tertiary/aromatic N) is 2. The zero-order valence-corrected chi connectivity index (χ0v) is 11.6. The Hall–Kier alpha value is -2.82. The smallest absolute Gasteiger partial charge is 0.195 e. The maximum atomic E-state index is 4.33. The maximum Gasteiger partial charge on any atom is 0.195 e. The van der Waals surface area contributed by atoms with E-state index < -0.39 is 0 Å². The predicted octanol–water partition coefficient (Wildman–Crippen LogP) is 2.62. The molecule has 1 aliphatic heterocycles. The van der Waals surface area contributed by atoms with Crippen molar-refractivity contribution in [3.63, 3.8) is 0 Å². The van der Waals surface area contributed by atoms with Crippen LogP contribution in [0.4, 0.5) is 5.69 Å². The summed E-state index contributed by atoms with van der Waals surface area (Å²) in [6.45, 7) is 1.78. The highest BCUT2D eigenvalue weighted by molar-refractivity contribution is 6.03. The molecule has 2 aromatic carbocycles. The zero-order valence-electron chi connectivity index (χ0n) is 11.6. The van der Waals surface area contributed by atoms with Crippen molar-refractivity contribution in [3.05, 3.63) is 61.2 Å². The average Bonchev–Trinajstić information content (AvgIpc) is 3.24. The van der Waals surface area contributed by atoms with Crippen LogP contribution in [0, 0.1) is 0 Å². The van der Waals surface area contributed by atoms with E-state index in [2.05, 4.69) is 68.1 Å². The number of aliphatic imine (C=N–C) groups is 1. The van der Waals surface area contributed by atoms with E-state index in [1.165, 1.54) is 10.8 Å². The second-order valence-corrected chi connectivity index (χ2v) is 4.57. The van der Waals surface area contributed by atoms with Gasteiger partial charge in [-0.2, -0.15) is 0 Å². The van der Waals surface area contributed by atoms with Crippen molar-refractivity contribution < 1.29 is 0 Å². The molecule has 106 valence electrons. The van der Waals surface area contributed by atoms with E-state index in [0.29, 0.717) is 0 Å². The van der Waals surface area contributed by atoms with Gasteiger partial charge in [0.2, 0.25) is 0 Å². The van der Waals surface area contributed by atoms with Gasteiger partial charge in [-0.25, -0.2) is 4.98 Å². The number of aromatic nitrogens is 2. The molecule has 2 heterocycles. The molecule has 0 saturated carbocycles. The summed E-state index contributed by atoms with van der Waals surface area (Å²) in [5, 5.41) is 9.00. The number of rotatable bonds is 1. The summed E-state index contributed by atoms with van der Waals surface area (Å²) in [6.07, 6.45) is 5.08. The van der Waals surface area contributed by atoms with Gasteiger partial charge < -0.3 is 15.6 Å². The van der Waals surface area contributed by atoms with Crippen molar-refractivity contribution >= 4 is 22.4 Å². The quantitative estimate of drug-likeness (QED) is 0.641. The van der Waals surface area contributed by atoms with Crippen LogP contribution in [0.1, 0.15) is 0 Å². The zero-order chi connectivity index (χ0) is 14.3. The number of nitrogens with one attached hydrogen (secondary N) is 3. The summed E-state index contributed by atoms with van der Waals surface area (Å²) in [5.74, 6) is 0.872. The van der Waals surface area contributed by atoms with Crippen molar-refractivity contribution in [2.75, 3.05) is 18.4 Å². The third-order valence-electron chi connectivity index (χ3n) is 3.12. The first kappa shape index (κ1) is 13.2. The first-order valence-corrected chi connectivity index (χ1v) is 6.89. The number of hydrogen-bond donors (Lipinski definition) is 3. The molecular weight excluding hydrogens is 262 g/mol. The minimum Gasteiger partial charge on any atom is -0.354 e. The molecule has 5 nitrogen and oxygen atoms in total. The van der Waals surface area contributed by atoms with Gasteiger partial charge in [0.1, 0.15) is 0 Å². The molecule has 0 spiro atoms. The molecule has 5 heteroatoms. The van der Waals surface area contributed by atoms with E-state index in [0.717, 1.165) is 24.7 Å². The highest BCUT2D eigenvalue weighted by Gasteiger charge is 2.06. The molecule has 0 bridgehead atoms. The maximum absolute atomic E-state index is 4.33. The van der Waals surface area contributed by atoms with Crippen molar-refractivity contribution in [2.24, 2.45) is 4.99 Å². The molecule has 21 heavy (non-hydrogen) atoms. The van der Waals surface area contributed by atoms with Gasteiger partial charge in [0.15, 0.2) is 5.96 Å². The molecule has 0 fully saturated rings. The van der Waals surface area contributed by atoms with Gasteiger partial charge in [0, 0.05) is 30.0 Å². The van der Waals surface area contributed by atoms with Gasteiger partial charge in [-0.3, -0.25) is 4.99 Å². The highest BCUT2D eigenvalue weighted by atomic mass is 15.2. The number of guanidine groups is 1. The molecule has 1 aromatic heterocycles. The molecule has 0 saturated heterocycles. The Labute approximate surface area is 123 Å². The number of fused-ring (bicyclic) bond motifs is 1. The first-order valence-electron chi connectivity index (χ1n) is 6.89. The van der Waals surface area contributed by atoms with Crippen LogP contribution >= 0.6 is 0 Å². The van der Waals surface area contributed by atoms with Crippen LogP contribution < -0.4 is 10.6 Å². The predicted molar refractivity (Wildman–Crippen MR) is 86.5 cm³/mol. The second-order valence-electron chi connectivity index (χ2n) is 4.57. The number of anilines is 1. The standard InChI is InChI=1S/C13H13N3.C3H4N2/c1-2-6-11-10(4-1)5-3-7-12(11)16-13-14-8-9-15-13;1-2-5-3-4-1/h1-7H,8-9H2,(H2,14,15,16);1-3H,(H,4,5). The van der Waals surface area contributed by atoms with Crippen LogP contribution in [0.3, 0.4) is 0 Å². The van der Waals surface area contributed by atoms with Gasteiger partial charge in [-0.15, -0.1) is 0 Å². The molecule has 0 amide bonds. The summed E-state index contributed by atoms with van der Waals surface area (Å²) in [7, 11) is 0. The molecule has 0 unspecified atom stereocenters. The monoisotopic (exact) mass is 279 g/mol. The molecular formula is C16H17N5. The Bertz CT molecular complexity index is 696. The first-order chi connectivity index (χ1) is 10.4. The summed E-state index contributed by atoms with van der Waals surface area (Å²) in [5.41, 5.74) is 1.10. The van der Waals surface area contributed by atoms with E-state index in [1.54, 1.807) is 18.7 Å². The fourth-order valence-corrected chi connectivity index (χ4v) is 2.16. The molecule has 1 aliphatic rings.